The molecule has 0 saturated carbocycles. The second-order valence-corrected chi connectivity index (χ2v) is 12.7. The highest BCUT2D eigenvalue weighted by Crippen LogP contribution is 2.44. The van der Waals surface area contributed by atoms with Gasteiger partial charge in [0.05, 0.1) is 12.9 Å². The quantitative estimate of drug-likeness (QED) is 0.284. The molecule has 0 atom stereocenters. The van der Waals surface area contributed by atoms with Crippen LogP contribution in [0.1, 0.15) is 37.3 Å². The SMILES string of the molecule is [2H]C(N1CCC2(CCc3cc(-c4ccc(CS(=O)(=O)Cc5ccccc5)cc4)ccc3O2)CC1)(C(F)(F)F)C(F)(F)F. The van der Waals surface area contributed by atoms with E-state index in [1.807, 2.05) is 30.3 Å². The van der Waals surface area contributed by atoms with E-state index in [1.165, 1.54) is 0 Å². The Hall–Kier alpha value is -3.05. The van der Waals surface area contributed by atoms with Gasteiger partial charge in [-0.15, -0.1) is 0 Å². The molecule has 220 valence electrons. The van der Waals surface area contributed by atoms with Crippen LogP contribution in [-0.4, -0.2) is 50.4 Å². The van der Waals surface area contributed by atoms with E-state index in [2.05, 4.69) is 0 Å². The molecule has 0 amide bonds. The van der Waals surface area contributed by atoms with Gasteiger partial charge in [-0.3, -0.25) is 4.90 Å². The number of alkyl halides is 6. The number of likely N-dealkylation sites (tertiary alicyclic amines) is 1. The number of benzene rings is 3. The van der Waals surface area contributed by atoms with Crippen LogP contribution in [0, 0.1) is 0 Å². The molecule has 0 aliphatic carbocycles. The molecule has 2 aliphatic rings. The lowest BCUT2D eigenvalue weighted by Gasteiger charge is -2.46. The number of rotatable bonds is 6. The highest BCUT2D eigenvalue weighted by atomic mass is 32.2. The minimum Gasteiger partial charge on any atom is -0.487 e. The second-order valence-electron chi connectivity index (χ2n) is 10.7. The molecule has 1 fully saturated rings. The monoisotopic (exact) mass is 598 g/mol. The fourth-order valence-electron chi connectivity index (χ4n) is 5.64. The van der Waals surface area contributed by atoms with Crippen molar-refractivity contribution >= 4 is 9.84 Å². The third kappa shape index (κ3) is 6.89. The number of ether oxygens (including phenoxy) is 1. The summed E-state index contributed by atoms with van der Waals surface area (Å²) in [5.41, 5.74) is 3.10. The van der Waals surface area contributed by atoms with Crippen molar-refractivity contribution in [3.63, 3.8) is 0 Å². The smallest absolute Gasteiger partial charge is 0.412 e. The summed E-state index contributed by atoms with van der Waals surface area (Å²) in [6.45, 7) is -1.13. The minimum atomic E-state index is -5.79. The highest BCUT2D eigenvalue weighted by Gasteiger charge is 2.60. The van der Waals surface area contributed by atoms with Crippen molar-refractivity contribution in [2.75, 3.05) is 13.1 Å². The van der Waals surface area contributed by atoms with E-state index in [9.17, 15) is 34.8 Å². The van der Waals surface area contributed by atoms with Gasteiger partial charge in [-0.25, -0.2) is 8.42 Å². The molecule has 0 bridgehead atoms. The largest absolute Gasteiger partial charge is 0.487 e. The summed E-state index contributed by atoms with van der Waals surface area (Å²) in [6.07, 6.45) is -10.7. The van der Waals surface area contributed by atoms with Crippen LogP contribution in [0.15, 0.2) is 72.8 Å². The maximum atomic E-state index is 13.4. The van der Waals surface area contributed by atoms with E-state index in [0.717, 1.165) is 22.3 Å². The number of hydrogen-bond acceptors (Lipinski definition) is 4. The molecule has 11 heteroatoms. The molecule has 0 aromatic heterocycles. The van der Waals surface area contributed by atoms with Gasteiger partial charge in [0.1, 0.15) is 11.4 Å². The molecule has 3 aromatic rings. The molecular formula is C30H29F6NO3S. The Morgan fingerprint density at radius 3 is 1.95 bits per heavy atom. The zero-order valence-corrected chi connectivity index (χ0v) is 22.7. The Morgan fingerprint density at radius 2 is 1.37 bits per heavy atom. The number of fused-ring (bicyclic) bond motifs is 1. The fourth-order valence-corrected chi connectivity index (χ4v) is 7.14. The lowest BCUT2D eigenvalue weighted by Crippen LogP contribution is -2.60. The van der Waals surface area contributed by atoms with Crippen molar-refractivity contribution in [2.45, 2.75) is 61.2 Å². The molecule has 0 radical (unpaired) electrons. The Balaban J connectivity index is 1.24. The van der Waals surface area contributed by atoms with Gasteiger partial charge >= 0.3 is 12.4 Å². The van der Waals surface area contributed by atoms with Crippen LogP contribution in [0.25, 0.3) is 11.1 Å². The predicted molar refractivity (Wildman–Crippen MR) is 143 cm³/mol. The van der Waals surface area contributed by atoms with Crippen molar-refractivity contribution in [1.82, 2.24) is 4.90 Å². The third-order valence-corrected chi connectivity index (χ3v) is 9.21. The first-order chi connectivity index (χ1) is 19.6. The maximum Gasteiger partial charge on any atom is 0.412 e. The van der Waals surface area contributed by atoms with Crippen LogP contribution in [0.4, 0.5) is 26.3 Å². The van der Waals surface area contributed by atoms with E-state index in [0.29, 0.717) is 24.2 Å². The normalized spacial score (nSPS) is 18.4. The van der Waals surface area contributed by atoms with Crippen molar-refractivity contribution in [2.24, 2.45) is 0 Å². The standard InChI is InChI=1S/C30H29F6NO3S/c31-29(32,33)27(30(34,35)36)37-16-14-28(15-17-37)13-12-25-18-24(10-11-26(25)40-28)23-8-6-22(7-9-23)20-41(38,39)19-21-4-2-1-3-5-21/h1-11,18,27H,12-17,19-20H2/i27D. The summed E-state index contributed by atoms with van der Waals surface area (Å²) in [5, 5.41) is 0. The van der Waals surface area contributed by atoms with E-state index < -0.39 is 46.9 Å². The average molecular weight is 599 g/mol. The van der Waals surface area contributed by atoms with Crippen molar-refractivity contribution in [3.8, 4) is 16.9 Å². The van der Waals surface area contributed by atoms with Gasteiger partial charge in [-0.2, -0.15) is 26.3 Å². The summed E-state index contributed by atoms with van der Waals surface area (Å²) in [4.78, 5) is 0.150. The van der Waals surface area contributed by atoms with Gasteiger partial charge in [-0.05, 0) is 65.6 Å². The molecule has 0 N–H and O–H groups in total. The summed E-state index contributed by atoms with van der Waals surface area (Å²) in [5.74, 6) is 0.396. The Labute approximate surface area is 236 Å². The van der Waals surface area contributed by atoms with Gasteiger partial charge in [-0.1, -0.05) is 60.7 Å². The molecule has 4 nitrogen and oxygen atoms in total. The zero-order valence-electron chi connectivity index (χ0n) is 22.9. The highest BCUT2D eigenvalue weighted by molar-refractivity contribution is 7.89. The van der Waals surface area contributed by atoms with E-state index in [4.69, 9.17) is 6.11 Å². The summed E-state index contributed by atoms with van der Waals surface area (Å²) in [6, 6.07) is 17.0. The Bertz CT molecular complexity index is 1500. The number of aryl methyl sites for hydroxylation is 1. The van der Waals surface area contributed by atoms with Crippen LogP contribution >= 0.6 is 0 Å². The molecule has 2 heterocycles. The van der Waals surface area contributed by atoms with Crippen molar-refractivity contribution in [3.05, 3.63) is 89.5 Å². The summed E-state index contributed by atoms with van der Waals surface area (Å²) < 4.78 is 119. The van der Waals surface area contributed by atoms with Gasteiger partial charge in [0.2, 0.25) is 6.02 Å². The second kappa shape index (κ2) is 11.0. The van der Waals surface area contributed by atoms with Crippen LogP contribution in [0.3, 0.4) is 0 Å². The topological polar surface area (TPSA) is 46.6 Å². The van der Waals surface area contributed by atoms with Crippen LogP contribution in [-0.2, 0) is 27.8 Å². The Morgan fingerprint density at radius 1 is 0.805 bits per heavy atom. The van der Waals surface area contributed by atoms with Crippen molar-refractivity contribution < 1.29 is 40.9 Å². The maximum absolute atomic E-state index is 13.4. The molecule has 5 rings (SSSR count). The number of sulfone groups is 1. The molecule has 1 spiro atoms. The lowest BCUT2D eigenvalue weighted by molar-refractivity contribution is -0.291. The van der Waals surface area contributed by atoms with Gasteiger partial charge in [0.15, 0.2) is 9.84 Å². The van der Waals surface area contributed by atoms with Crippen molar-refractivity contribution in [1.29, 1.82) is 0 Å². The molecule has 3 aromatic carbocycles. The van der Waals surface area contributed by atoms with Gasteiger partial charge in [0.25, 0.3) is 0 Å². The Kier molecular flexibility index (Phi) is 7.52. The lowest BCUT2D eigenvalue weighted by atomic mass is 9.82. The third-order valence-electron chi connectivity index (χ3n) is 7.67. The number of piperidine rings is 1. The predicted octanol–water partition coefficient (Wildman–Crippen LogP) is 7.12. The van der Waals surface area contributed by atoms with Crippen LogP contribution in [0.5, 0.6) is 5.75 Å². The first kappa shape index (κ1) is 28.1. The van der Waals surface area contributed by atoms with E-state index in [1.54, 1.807) is 42.5 Å². The molecule has 1 saturated heterocycles. The van der Waals surface area contributed by atoms with E-state index >= 15 is 0 Å². The molecular weight excluding hydrogens is 568 g/mol. The van der Waals surface area contributed by atoms with Crippen LogP contribution in [0.2, 0.25) is 0 Å². The fraction of sp³-hybridized carbons (Fsp3) is 0.400. The average Bonchev–Trinajstić information content (AvgIpc) is 2.92. The first-order valence-electron chi connectivity index (χ1n) is 13.7. The zero-order chi connectivity index (χ0) is 30.4. The molecule has 0 unspecified atom stereocenters. The number of nitrogens with zero attached hydrogens (tertiary/aromatic N) is 1. The number of halogens is 6. The number of hydrogen-bond donors (Lipinski definition) is 0. The molecule has 41 heavy (non-hydrogen) atoms. The minimum absolute atomic E-state index is 0.0470. The van der Waals surface area contributed by atoms with Gasteiger partial charge < -0.3 is 4.74 Å². The van der Waals surface area contributed by atoms with Gasteiger partial charge in [0, 0.05) is 13.1 Å². The van der Waals surface area contributed by atoms with Crippen LogP contribution < -0.4 is 4.74 Å². The summed E-state index contributed by atoms with van der Waals surface area (Å²) in [7, 11) is -3.36. The van der Waals surface area contributed by atoms with E-state index in [-0.39, 0.29) is 29.2 Å². The molecule has 2 aliphatic heterocycles. The summed E-state index contributed by atoms with van der Waals surface area (Å²) >= 11 is 0. The first-order valence-corrected chi connectivity index (χ1v) is 15.0.